The van der Waals surface area contributed by atoms with Crippen molar-refractivity contribution in [3.63, 3.8) is 0 Å². The molecule has 0 saturated carbocycles. The Bertz CT molecular complexity index is 863. The molecule has 1 amide bonds. The summed E-state index contributed by atoms with van der Waals surface area (Å²) in [5, 5.41) is 3.37. The molecule has 2 aliphatic heterocycles. The van der Waals surface area contributed by atoms with Crippen LogP contribution in [0.5, 0.6) is 5.88 Å². The minimum atomic E-state index is -0.273. The molecule has 1 saturated heterocycles. The predicted molar refractivity (Wildman–Crippen MR) is 105 cm³/mol. The van der Waals surface area contributed by atoms with Crippen molar-refractivity contribution in [2.24, 2.45) is 0 Å². The third kappa shape index (κ3) is 3.94. The second-order valence-corrected chi connectivity index (χ2v) is 7.60. The van der Waals surface area contributed by atoms with Crippen LogP contribution in [0, 0.1) is 5.82 Å². The molecular weight excluding hydrogens is 359 g/mol. The highest BCUT2D eigenvalue weighted by atomic mass is 19.1. The Labute approximate surface area is 164 Å². The van der Waals surface area contributed by atoms with E-state index in [9.17, 15) is 9.18 Å². The van der Waals surface area contributed by atoms with Crippen molar-refractivity contribution < 1.29 is 13.9 Å². The number of hydrogen-bond acceptors (Lipinski definition) is 5. The maximum absolute atomic E-state index is 13.3. The van der Waals surface area contributed by atoms with Crippen LogP contribution in [0.3, 0.4) is 0 Å². The first kappa shape index (κ1) is 18.7. The smallest absolute Gasteiger partial charge is 0.272 e. The SMILES string of the molecule is C[C@H]1COc2nc(C(=O)N3CCN(C)CC3)c(Cc3ccc(F)cc3)cc2N1. The quantitative estimate of drug-likeness (QED) is 0.881. The molecule has 2 aromatic rings. The van der Waals surface area contributed by atoms with Gasteiger partial charge in [0.15, 0.2) is 0 Å². The number of nitrogens with one attached hydrogen (secondary N) is 1. The van der Waals surface area contributed by atoms with Crippen LogP contribution in [0.25, 0.3) is 0 Å². The molecule has 1 fully saturated rings. The first-order valence-corrected chi connectivity index (χ1v) is 9.65. The molecule has 0 unspecified atom stereocenters. The number of piperazine rings is 1. The van der Waals surface area contributed by atoms with E-state index < -0.39 is 0 Å². The first-order chi connectivity index (χ1) is 13.5. The Morgan fingerprint density at radius 3 is 2.68 bits per heavy atom. The predicted octanol–water partition coefficient (Wildman–Crippen LogP) is 2.39. The average molecular weight is 384 g/mol. The zero-order valence-electron chi connectivity index (χ0n) is 16.2. The fourth-order valence-electron chi connectivity index (χ4n) is 3.56. The van der Waals surface area contributed by atoms with Gasteiger partial charge in [0.1, 0.15) is 18.1 Å². The number of halogens is 1. The number of fused-ring (bicyclic) bond motifs is 1. The number of aromatic nitrogens is 1. The van der Waals surface area contributed by atoms with Crippen LogP contribution in [-0.4, -0.2) is 66.6 Å². The van der Waals surface area contributed by atoms with E-state index in [1.54, 1.807) is 12.1 Å². The van der Waals surface area contributed by atoms with Gasteiger partial charge in [-0.05, 0) is 49.7 Å². The van der Waals surface area contributed by atoms with Crippen LogP contribution < -0.4 is 10.1 Å². The van der Waals surface area contributed by atoms with Crippen molar-refractivity contribution >= 4 is 11.6 Å². The zero-order valence-corrected chi connectivity index (χ0v) is 16.2. The first-order valence-electron chi connectivity index (χ1n) is 9.65. The van der Waals surface area contributed by atoms with Crippen LogP contribution in [0.15, 0.2) is 30.3 Å². The van der Waals surface area contributed by atoms with Crippen molar-refractivity contribution in [1.82, 2.24) is 14.8 Å². The number of carbonyl (C=O) groups excluding carboxylic acids is 1. The largest absolute Gasteiger partial charge is 0.474 e. The van der Waals surface area contributed by atoms with Crippen molar-refractivity contribution in [2.45, 2.75) is 19.4 Å². The van der Waals surface area contributed by atoms with E-state index in [1.165, 1.54) is 12.1 Å². The topological polar surface area (TPSA) is 57.7 Å². The lowest BCUT2D eigenvalue weighted by molar-refractivity contribution is 0.0656. The van der Waals surface area contributed by atoms with Gasteiger partial charge in [-0.2, -0.15) is 0 Å². The van der Waals surface area contributed by atoms with Gasteiger partial charge in [-0.3, -0.25) is 4.79 Å². The van der Waals surface area contributed by atoms with Gasteiger partial charge >= 0.3 is 0 Å². The maximum Gasteiger partial charge on any atom is 0.272 e. The van der Waals surface area contributed by atoms with Gasteiger partial charge in [-0.15, -0.1) is 0 Å². The summed E-state index contributed by atoms with van der Waals surface area (Å²) in [5.41, 5.74) is 2.97. The molecule has 148 valence electrons. The number of hydrogen-bond donors (Lipinski definition) is 1. The molecular formula is C21H25FN4O2. The van der Waals surface area contributed by atoms with Gasteiger partial charge in [0.25, 0.3) is 5.91 Å². The number of likely N-dealkylation sites (N-methyl/N-ethyl adjacent to an activating group) is 1. The highest BCUT2D eigenvalue weighted by molar-refractivity contribution is 5.94. The Morgan fingerprint density at radius 2 is 1.96 bits per heavy atom. The molecule has 1 aromatic heterocycles. The van der Waals surface area contributed by atoms with Crippen LogP contribution in [-0.2, 0) is 6.42 Å². The minimum Gasteiger partial charge on any atom is -0.474 e. The molecule has 0 spiro atoms. The lowest BCUT2D eigenvalue weighted by atomic mass is 10.0. The number of carbonyl (C=O) groups is 1. The van der Waals surface area contributed by atoms with E-state index in [0.29, 0.717) is 37.7 Å². The molecule has 1 N–H and O–H groups in total. The van der Waals surface area contributed by atoms with Crippen molar-refractivity contribution in [2.75, 3.05) is 45.2 Å². The third-order valence-electron chi connectivity index (χ3n) is 5.24. The fourth-order valence-corrected chi connectivity index (χ4v) is 3.56. The summed E-state index contributed by atoms with van der Waals surface area (Å²) < 4.78 is 19.0. The van der Waals surface area contributed by atoms with Gasteiger partial charge in [0.2, 0.25) is 5.88 Å². The lowest BCUT2D eigenvalue weighted by Crippen LogP contribution is -2.47. The fraction of sp³-hybridized carbons (Fsp3) is 0.429. The third-order valence-corrected chi connectivity index (χ3v) is 5.24. The number of nitrogens with zero attached hydrogens (tertiary/aromatic N) is 3. The summed E-state index contributed by atoms with van der Waals surface area (Å²) in [6.07, 6.45) is 0.505. The van der Waals surface area contributed by atoms with Crippen LogP contribution in [0.2, 0.25) is 0 Å². The van der Waals surface area contributed by atoms with E-state index >= 15 is 0 Å². The Kier molecular flexibility index (Phi) is 5.17. The molecule has 4 rings (SSSR count). The number of ether oxygens (including phenoxy) is 1. The number of amides is 1. The summed E-state index contributed by atoms with van der Waals surface area (Å²) >= 11 is 0. The summed E-state index contributed by atoms with van der Waals surface area (Å²) in [5.74, 6) is 0.124. The van der Waals surface area contributed by atoms with Crippen LogP contribution in [0.4, 0.5) is 10.1 Å². The molecule has 28 heavy (non-hydrogen) atoms. The molecule has 7 heteroatoms. The monoisotopic (exact) mass is 384 g/mol. The van der Waals surface area contributed by atoms with E-state index in [4.69, 9.17) is 4.74 Å². The van der Waals surface area contributed by atoms with E-state index in [0.717, 1.165) is 29.9 Å². The number of benzene rings is 1. The second-order valence-electron chi connectivity index (χ2n) is 7.60. The van der Waals surface area contributed by atoms with E-state index in [1.807, 2.05) is 17.9 Å². The molecule has 0 radical (unpaired) electrons. The average Bonchev–Trinajstić information content (AvgIpc) is 2.69. The number of rotatable bonds is 3. The molecule has 1 aromatic carbocycles. The Balaban J connectivity index is 1.68. The van der Waals surface area contributed by atoms with Crippen LogP contribution in [0.1, 0.15) is 28.5 Å². The standard InChI is InChI=1S/C21H25FN4O2/c1-14-13-28-20-18(23-14)12-16(11-15-3-5-17(22)6-4-15)19(24-20)21(27)26-9-7-25(2)8-10-26/h3-6,12,14,23H,7-11,13H2,1-2H3/t14-/m0/s1. The highest BCUT2D eigenvalue weighted by Gasteiger charge is 2.27. The molecule has 3 heterocycles. The van der Waals surface area contributed by atoms with Crippen molar-refractivity contribution in [3.8, 4) is 5.88 Å². The highest BCUT2D eigenvalue weighted by Crippen LogP contribution is 2.31. The van der Waals surface area contributed by atoms with Crippen LogP contribution >= 0.6 is 0 Å². The summed E-state index contributed by atoms with van der Waals surface area (Å²) in [6.45, 7) is 5.60. The lowest BCUT2D eigenvalue weighted by Gasteiger charge is -2.33. The molecule has 1 atom stereocenters. The van der Waals surface area contributed by atoms with Gasteiger partial charge in [-0.1, -0.05) is 12.1 Å². The molecule has 0 aliphatic carbocycles. The van der Waals surface area contributed by atoms with Gasteiger partial charge in [-0.25, -0.2) is 9.37 Å². The summed E-state index contributed by atoms with van der Waals surface area (Å²) in [4.78, 5) is 21.9. The Hall–Kier alpha value is -2.67. The van der Waals surface area contributed by atoms with Gasteiger partial charge in [0, 0.05) is 26.2 Å². The summed E-state index contributed by atoms with van der Waals surface area (Å²) in [6, 6.07) is 8.48. The Morgan fingerprint density at radius 1 is 1.25 bits per heavy atom. The van der Waals surface area contributed by atoms with E-state index in [-0.39, 0.29) is 17.8 Å². The molecule has 2 aliphatic rings. The summed E-state index contributed by atoms with van der Waals surface area (Å²) in [7, 11) is 2.06. The molecule has 6 nitrogen and oxygen atoms in total. The number of pyridine rings is 1. The zero-order chi connectivity index (χ0) is 19.7. The number of anilines is 1. The van der Waals surface area contributed by atoms with E-state index in [2.05, 4.69) is 22.2 Å². The van der Waals surface area contributed by atoms with Gasteiger partial charge < -0.3 is 19.9 Å². The molecule has 0 bridgehead atoms. The second kappa shape index (κ2) is 7.75. The maximum atomic E-state index is 13.3. The van der Waals surface area contributed by atoms with Gasteiger partial charge in [0.05, 0.1) is 11.7 Å². The minimum absolute atomic E-state index is 0.0739. The van der Waals surface area contributed by atoms with Crippen molar-refractivity contribution in [3.05, 3.63) is 53.0 Å². The normalized spacial score (nSPS) is 19.5. The van der Waals surface area contributed by atoms with Crippen molar-refractivity contribution in [1.29, 1.82) is 0 Å².